The summed E-state index contributed by atoms with van der Waals surface area (Å²) in [6, 6.07) is 4.97. The van der Waals surface area contributed by atoms with Gasteiger partial charge in [-0.2, -0.15) is 0 Å². The molecule has 1 aromatic rings. The number of rotatable bonds is 6. The summed E-state index contributed by atoms with van der Waals surface area (Å²) in [4.78, 5) is 4.15. The first-order valence-corrected chi connectivity index (χ1v) is 7.54. The van der Waals surface area contributed by atoms with Gasteiger partial charge < -0.3 is 15.4 Å². The van der Waals surface area contributed by atoms with Crippen LogP contribution < -0.4 is 10.6 Å². The summed E-state index contributed by atoms with van der Waals surface area (Å²) in [6.45, 7) is 3.97. The maximum absolute atomic E-state index is 13.8. The van der Waals surface area contributed by atoms with E-state index < -0.39 is 0 Å². The van der Waals surface area contributed by atoms with Gasteiger partial charge in [-0.25, -0.2) is 4.39 Å². The van der Waals surface area contributed by atoms with Crippen LogP contribution in [0.3, 0.4) is 0 Å². The molecule has 0 aliphatic heterocycles. The van der Waals surface area contributed by atoms with Crippen molar-refractivity contribution < 1.29 is 9.13 Å². The highest BCUT2D eigenvalue weighted by atomic mass is 35.5. The van der Waals surface area contributed by atoms with E-state index in [-0.39, 0.29) is 17.8 Å². The van der Waals surface area contributed by atoms with E-state index in [1.54, 1.807) is 19.2 Å². The van der Waals surface area contributed by atoms with Gasteiger partial charge in [-0.05, 0) is 25.5 Å². The number of halogens is 2. The molecule has 1 aliphatic carbocycles. The molecule has 1 saturated carbocycles. The van der Waals surface area contributed by atoms with Gasteiger partial charge in [0.2, 0.25) is 0 Å². The first kappa shape index (κ1) is 16.0. The molecule has 2 atom stereocenters. The summed E-state index contributed by atoms with van der Waals surface area (Å²) < 4.78 is 19.1. The molecule has 0 aromatic heterocycles. The van der Waals surface area contributed by atoms with Crippen molar-refractivity contribution in [2.75, 3.05) is 26.8 Å². The normalized spacial score (nSPS) is 21.2. The molecule has 1 aromatic carbocycles. The summed E-state index contributed by atoms with van der Waals surface area (Å²) in [6.07, 6.45) is 0.854. The molecule has 0 heterocycles. The van der Waals surface area contributed by atoms with E-state index in [0.29, 0.717) is 36.3 Å². The second-order valence-electron chi connectivity index (χ2n) is 4.92. The maximum Gasteiger partial charge on any atom is 0.191 e. The summed E-state index contributed by atoms with van der Waals surface area (Å²) in [7, 11) is 1.71. The minimum atomic E-state index is -0.240. The SMILES string of the molecule is CCOCCNC(=NC)NC1CC1c1c(F)cccc1Cl. The Morgan fingerprint density at radius 2 is 2.33 bits per heavy atom. The zero-order chi connectivity index (χ0) is 15.2. The quantitative estimate of drug-likeness (QED) is 0.482. The molecular formula is C15H21ClFN3O. The molecule has 0 bridgehead atoms. The third-order valence-electron chi connectivity index (χ3n) is 3.45. The number of nitrogens with one attached hydrogen (secondary N) is 2. The van der Waals surface area contributed by atoms with E-state index in [1.807, 2.05) is 6.92 Å². The molecular weight excluding hydrogens is 293 g/mol. The fraction of sp³-hybridized carbons (Fsp3) is 0.533. The van der Waals surface area contributed by atoms with Crippen molar-refractivity contribution in [3.63, 3.8) is 0 Å². The number of nitrogens with zero attached hydrogens (tertiary/aromatic N) is 1. The van der Waals surface area contributed by atoms with Crippen LogP contribution in [0.25, 0.3) is 0 Å². The summed E-state index contributed by atoms with van der Waals surface area (Å²) in [5.41, 5.74) is 0.599. The molecule has 0 spiro atoms. The Labute approximate surface area is 129 Å². The Hall–Kier alpha value is -1.33. The predicted molar refractivity (Wildman–Crippen MR) is 83.5 cm³/mol. The molecule has 4 nitrogen and oxygen atoms in total. The minimum absolute atomic E-state index is 0.101. The lowest BCUT2D eigenvalue weighted by Gasteiger charge is -2.12. The second kappa shape index (κ2) is 7.61. The van der Waals surface area contributed by atoms with E-state index in [0.717, 1.165) is 6.42 Å². The average molecular weight is 314 g/mol. The van der Waals surface area contributed by atoms with Crippen LogP contribution in [0.15, 0.2) is 23.2 Å². The Morgan fingerprint density at radius 1 is 1.52 bits per heavy atom. The molecule has 0 radical (unpaired) electrons. The van der Waals surface area contributed by atoms with Gasteiger partial charge in [0.25, 0.3) is 0 Å². The lowest BCUT2D eigenvalue weighted by molar-refractivity contribution is 0.152. The largest absolute Gasteiger partial charge is 0.380 e. The van der Waals surface area contributed by atoms with Crippen molar-refractivity contribution in [1.82, 2.24) is 10.6 Å². The molecule has 2 N–H and O–H groups in total. The minimum Gasteiger partial charge on any atom is -0.380 e. The van der Waals surface area contributed by atoms with E-state index in [4.69, 9.17) is 16.3 Å². The Morgan fingerprint density at radius 3 is 3.00 bits per heavy atom. The number of aliphatic imine (C=N–C) groups is 1. The third kappa shape index (κ3) is 4.32. The molecule has 0 amide bonds. The van der Waals surface area contributed by atoms with Crippen molar-refractivity contribution in [2.45, 2.75) is 25.3 Å². The average Bonchev–Trinajstić information content (AvgIpc) is 3.21. The van der Waals surface area contributed by atoms with Gasteiger partial charge >= 0.3 is 0 Å². The van der Waals surface area contributed by atoms with Gasteiger partial charge in [-0.1, -0.05) is 17.7 Å². The summed E-state index contributed by atoms with van der Waals surface area (Å²) in [5.74, 6) is 0.565. The molecule has 1 fully saturated rings. The Balaban J connectivity index is 1.85. The molecule has 116 valence electrons. The predicted octanol–water partition coefficient (Wildman–Crippen LogP) is 2.54. The van der Waals surface area contributed by atoms with Gasteiger partial charge in [-0.3, -0.25) is 4.99 Å². The summed E-state index contributed by atoms with van der Waals surface area (Å²) >= 11 is 6.09. The van der Waals surface area contributed by atoms with Crippen LogP contribution in [0.2, 0.25) is 5.02 Å². The van der Waals surface area contributed by atoms with Crippen LogP contribution in [-0.4, -0.2) is 38.8 Å². The molecule has 6 heteroatoms. The van der Waals surface area contributed by atoms with Crippen molar-refractivity contribution in [2.24, 2.45) is 4.99 Å². The van der Waals surface area contributed by atoms with Crippen molar-refractivity contribution in [1.29, 1.82) is 0 Å². The smallest absolute Gasteiger partial charge is 0.191 e. The van der Waals surface area contributed by atoms with Gasteiger partial charge in [-0.15, -0.1) is 0 Å². The lowest BCUT2D eigenvalue weighted by atomic mass is 10.1. The molecule has 21 heavy (non-hydrogen) atoms. The van der Waals surface area contributed by atoms with Crippen LogP contribution in [0.4, 0.5) is 4.39 Å². The highest BCUT2D eigenvalue weighted by Gasteiger charge is 2.41. The van der Waals surface area contributed by atoms with Crippen LogP contribution >= 0.6 is 11.6 Å². The molecule has 2 unspecified atom stereocenters. The van der Waals surface area contributed by atoms with Crippen LogP contribution in [0, 0.1) is 5.82 Å². The lowest BCUT2D eigenvalue weighted by Crippen LogP contribution is -2.40. The van der Waals surface area contributed by atoms with E-state index in [9.17, 15) is 4.39 Å². The number of hydrogen-bond donors (Lipinski definition) is 2. The number of guanidine groups is 1. The van der Waals surface area contributed by atoms with Crippen molar-refractivity contribution in [3.05, 3.63) is 34.6 Å². The monoisotopic (exact) mass is 313 g/mol. The maximum atomic E-state index is 13.8. The van der Waals surface area contributed by atoms with E-state index in [2.05, 4.69) is 15.6 Å². The van der Waals surface area contributed by atoms with Gasteiger partial charge in [0.15, 0.2) is 5.96 Å². The van der Waals surface area contributed by atoms with Crippen molar-refractivity contribution in [3.8, 4) is 0 Å². The standard InChI is InChI=1S/C15H21ClFN3O/c1-3-21-8-7-19-15(18-2)20-13-9-10(13)14-11(16)5-4-6-12(14)17/h4-6,10,13H,3,7-9H2,1-2H3,(H2,18,19,20). The van der Waals surface area contributed by atoms with Crippen LogP contribution in [-0.2, 0) is 4.74 Å². The number of ether oxygens (including phenoxy) is 1. The highest BCUT2D eigenvalue weighted by Crippen LogP contribution is 2.44. The fourth-order valence-corrected chi connectivity index (χ4v) is 2.60. The first-order chi connectivity index (χ1) is 10.2. The van der Waals surface area contributed by atoms with Gasteiger partial charge in [0.05, 0.1) is 6.61 Å². The van der Waals surface area contributed by atoms with Crippen molar-refractivity contribution >= 4 is 17.6 Å². The molecule has 1 aliphatic rings. The molecule has 0 saturated heterocycles. The Kier molecular flexibility index (Phi) is 5.82. The second-order valence-corrected chi connectivity index (χ2v) is 5.33. The van der Waals surface area contributed by atoms with E-state index >= 15 is 0 Å². The van der Waals surface area contributed by atoms with Gasteiger partial charge in [0.1, 0.15) is 5.82 Å². The Bertz CT molecular complexity index is 489. The number of hydrogen-bond acceptors (Lipinski definition) is 2. The zero-order valence-electron chi connectivity index (χ0n) is 12.3. The van der Waals surface area contributed by atoms with Gasteiger partial charge in [0, 0.05) is 42.7 Å². The number of benzene rings is 1. The van der Waals surface area contributed by atoms with E-state index in [1.165, 1.54) is 6.07 Å². The first-order valence-electron chi connectivity index (χ1n) is 7.16. The fourth-order valence-electron chi connectivity index (χ4n) is 2.29. The summed E-state index contributed by atoms with van der Waals surface area (Å²) in [5, 5.41) is 6.93. The topological polar surface area (TPSA) is 45.6 Å². The van der Waals surface area contributed by atoms with Crippen LogP contribution in [0.5, 0.6) is 0 Å². The molecule has 2 rings (SSSR count). The van der Waals surface area contributed by atoms with Crippen LogP contribution in [0.1, 0.15) is 24.8 Å². The third-order valence-corrected chi connectivity index (χ3v) is 3.78. The zero-order valence-corrected chi connectivity index (χ0v) is 13.1. The highest BCUT2D eigenvalue weighted by molar-refractivity contribution is 6.31.